The van der Waals surface area contributed by atoms with E-state index in [0.717, 1.165) is 31.4 Å². The summed E-state index contributed by atoms with van der Waals surface area (Å²) in [7, 11) is 0. The maximum atomic E-state index is 12.3. The molecule has 0 N–H and O–H groups in total. The molecule has 0 bridgehead atoms. The Morgan fingerprint density at radius 1 is 0.647 bits per heavy atom. The van der Waals surface area contributed by atoms with Crippen LogP contribution in [0.3, 0.4) is 0 Å². The van der Waals surface area contributed by atoms with Crippen molar-refractivity contribution in [2.24, 2.45) is 0 Å². The zero-order chi connectivity index (χ0) is 24.1. The monoisotopic (exact) mass is 470 g/mol. The molecule has 0 heterocycles. The van der Waals surface area contributed by atoms with Gasteiger partial charge in [0.25, 0.3) is 0 Å². The number of carbonyl (C=O) groups excluding carboxylic acids is 1. The number of aryl methyl sites for hydroxylation is 1. The molecule has 34 heavy (non-hydrogen) atoms. The number of carbonyl (C=O) groups is 1. The summed E-state index contributed by atoms with van der Waals surface area (Å²) in [5.41, 5.74) is 2.65. The van der Waals surface area contributed by atoms with Gasteiger partial charge in [-0.1, -0.05) is 135 Å². The first-order chi connectivity index (χ1) is 16.8. The van der Waals surface area contributed by atoms with Crippen molar-refractivity contribution in [3.63, 3.8) is 0 Å². The van der Waals surface area contributed by atoms with E-state index in [-0.39, 0.29) is 5.97 Å². The summed E-state index contributed by atoms with van der Waals surface area (Å²) in [4.78, 5) is 12.3. The zero-order valence-corrected chi connectivity index (χ0v) is 22.5. The second kappa shape index (κ2) is 19.9. The first-order valence-electron chi connectivity index (χ1n) is 15.1. The first-order valence-corrected chi connectivity index (χ1v) is 15.1. The van der Waals surface area contributed by atoms with Gasteiger partial charge in [-0.2, -0.15) is 0 Å². The molecule has 0 radical (unpaired) electrons. The number of esters is 1. The van der Waals surface area contributed by atoms with Crippen LogP contribution in [0, 0.1) is 0 Å². The van der Waals surface area contributed by atoms with Crippen molar-refractivity contribution in [1.82, 2.24) is 0 Å². The van der Waals surface area contributed by atoms with Gasteiger partial charge in [0.2, 0.25) is 0 Å². The Morgan fingerprint density at radius 3 is 1.65 bits per heavy atom. The number of hydrogen-bond acceptors (Lipinski definition) is 2. The van der Waals surface area contributed by atoms with Gasteiger partial charge in [0.1, 0.15) is 5.75 Å². The Balaban J connectivity index is 1.32. The smallest absolute Gasteiger partial charge is 0.311 e. The summed E-state index contributed by atoms with van der Waals surface area (Å²) in [6.45, 7) is 2.29. The number of fused-ring (bicyclic) bond motifs is 1. The average molecular weight is 471 g/mol. The number of rotatable bonds is 21. The standard InChI is InChI=1S/C32H54O2/c1-2-3-4-5-6-7-8-9-10-11-12-13-14-15-16-17-18-19-20-28-32(33)34-31-27-23-25-29-24-21-22-26-30(29)31/h23,25,27H,2-22,24,26,28H2,1H3. The van der Waals surface area contributed by atoms with Gasteiger partial charge < -0.3 is 4.74 Å². The normalized spacial score (nSPS) is 13.1. The molecular weight excluding hydrogens is 416 g/mol. The number of benzene rings is 1. The highest BCUT2D eigenvalue weighted by Gasteiger charge is 2.15. The van der Waals surface area contributed by atoms with Gasteiger partial charge in [-0.15, -0.1) is 0 Å². The minimum absolute atomic E-state index is 0.0500. The van der Waals surface area contributed by atoms with Gasteiger partial charge in [-0.05, 0) is 49.3 Å². The van der Waals surface area contributed by atoms with Crippen LogP contribution in [0.5, 0.6) is 5.75 Å². The third-order valence-electron chi connectivity index (χ3n) is 7.56. The molecule has 2 heteroatoms. The lowest BCUT2D eigenvalue weighted by molar-refractivity contribution is -0.134. The molecule has 0 fully saturated rings. The molecule has 1 aliphatic carbocycles. The van der Waals surface area contributed by atoms with Gasteiger partial charge in [0, 0.05) is 6.42 Å². The molecule has 0 saturated carbocycles. The summed E-state index contributed by atoms with van der Waals surface area (Å²) in [5, 5.41) is 0. The summed E-state index contributed by atoms with van der Waals surface area (Å²) in [6, 6.07) is 6.19. The van der Waals surface area contributed by atoms with E-state index in [0.29, 0.717) is 6.42 Å². The summed E-state index contributed by atoms with van der Waals surface area (Å²) < 4.78 is 5.71. The second-order valence-corrected chi connectivity index (χ2v) is 10.7. The van der Waals surface area contributed by atoms with Crippen LogP contribution in [0.1, 0.15) is 159 Å². The van der Waals surface area contributed by atoms with E-state index in [1.807, 2.05) is 12.1 Å². The second-order valence-electron chi connectivity index (χ2n) is 10.7. The van der Waals surface area contributed by atoms with E-state index < -0.39 is 0 Å². The van der Waals surface area contributed by atoms with E-state index in [4.69, 9.17) is 4.74 Å². The molecule has 1 aromatic rings. The quantitative estimate of drug-likeness (QED) is 0.101. The molecular formula is C32H54O2. The van der Waals surface area contributed by atoms with Crippen LogP contribution in [0.4, 0.5) is 0 Å². The summed E-state index contributed by atoms with van der Waals surface area (Å²) in [5.74, 6) is 0.769. The van der Waals surface area contributed by atoms with Crippen LogP contribution in [0.25, 0.3) is 0 Å². The van der Waals surface area contributed by atoms with Crippen LogP contribution in [-0.2, 0) is 17.6 Å². The van der Waals surface area contributed by atoms with Gasteiger partial charge in [0.15, 0.2) is 0 Å². The molecule has 0 aliphatic heterocycles. The van der Waals surface area contributed by atoms with E-state index in [2.05, 4.69) is 13.0 Å². The van der Waals surface area contributed by atoms with Gasteiger partial charge in [-0.25, -0.2) is 0 Å². The zero-order valence-electron chi connectivity index (χ0n) is 22.5. The third-order valence-corrected chi connectivity index (χ3v) is 7.56. The molecule has 1 aromatic carbocycles. The Bertz CT molecular complexity index is 636. The minimum atomic E-state index is -0.0500. The highest BCUT2D eigenvalue weighted by molar-refractivity contribution is 5.73. The summed E-state index contributed by atoms with van der Waals surface area (Å²) >= 11 is 0. The lowest BCUT2D eigenvalue weighted by Crippen LogP contribution is -2.11. The van der Waals surface area contributed by atoms with E-state index >= 15 is 0 Å². The van der Waals surface area contributed by atoms with Gasteiger partial charge >= 0.3 is 5.97 Å². The molecule has 0 spiro atoms. The Morgan fingerprint density at radius 2 is 1.12 bits per heavy atom. The maximum absolute atomic E-state index is 12.3. The van der Waals surface area contributed by atoms with Gasteiger partial charge in [-0.3, -0.25) is 4.79 Å². The number of unbranched alkanes of at least 4 members (excludes halogenated alkanes) is 18. The van der Waals surface area contributed by atoms with Crippen molar-refractivity contribution >= 4 is 5.97 Å². The molecule has 0 unspecified atom stereocenters. The Kier molecular flexibility index (Phi) is 17.0. The Hall–Kier alpha value is -1.31. The van der Waals surface area contributed by atoms with E-state index in [1.54, 1.807) is 0 Å². The topological polar surface area (TPSA) is 26.3 Å². The molecule has 0 amide bonds. The summed E-state index contributed by atoms with van der Waals surface area (Å²) in [6.07, 6.45) is 31.3. The lowest BCUT2D eigenvalue weighted by Gasteiger charge is -2.18. The highest BCUT2D eigenvalue weighted by Crippen LogP contribution is 2.29. The molecule has 1 aliphatic rings. The van der Waals surface area contributed by atoms with E-state index in [9.17, 15) is 4.79 Å². The molecule has 0 atom stereocenters. The van der Waals surface area contributed by atoms with Crippen molar-refractivity contribution in [3.8, 4) is 5.75 Å². The predicted molar refractivity (Wildman–Crippen MR) is 147 cm³/mol. The van der Waals surface area contributed by atoms with Crippen molar-refractivity contribution in [3.05, 3.63) is 29.3 Å². The third kappa shape index (κ3) is 13.5. The SMILES string of the molecule is CCCCCCCCCCCCCCCCCCCCCC(=O)Oc1cccc2c1CCCC2. The maximum Gasteiger partial charge on any atom is 0.311 e. The van der Waals surface area contributed by atoms with Gasteiger partial charge in [0.05, 0.1) is 0 Å². The van der Waals surface area contributed by atoms with Crippen molar-refractivity contribution < 1.29 is 9.53 Å². The van der Waals surface area contributed by atoms with Crippen LogP contribution >= 0.6 is 0 Å². The average Bonchev–Trinajstić information content (AvgIpc) is 2.85. The number of ether oxygens (including phenoxy) is 1. The van der Waals surface area contributed by atoms with Crippen molar-refractivity contribution in [1.29, 1.82) is 0 Å². The first kappa shape index (κ1) is 28.9. The molecule has 0 saturated heterocycles. The Labute approximate surface area is 211 Å². The fourth-order valence-electron chi connectivity index (χ4n) is 5.36. The number of hydrogen-bond donors (Lipinski definition) is 0. The molecule has 0 aromatic heterocycles. The van der Waals surface area contributed by atoms with Crippen LogP contribution in [0.2, 0.25) is 0 Å². The van der Waals surface area contributed by atoms with E-state index in [1.165, 1.54) is 133 Å². The predicted octanol–water partition coefficient (Wildman–Crippen LogP) is 10.3. The molecule has 2 nitrogen and oxygen atoms in total. The highest BCUT2D eigenvalue weighted by atomic mass is 16.5. The van der Waals surface area contributed by atoms with Crippen LogP contribution in [0.15, 0.2) is 18.2 Å². The fraction of sp³-hybridized carbons (Fsp3) is 0.781. The lowest BCUT2D eigenvalue weighted by atomic mass is 9.91. The van der Waals surface area contributed by atoms with Crippen LogP contribution in [-0.4, -0.2) is 5.97 Å². The van der Waals surface area contributed by atoms with Crippen molar-refractivity contribution in [2.75, 3.05) is 0 Å². The molecule has 2 rings (SSSR count). The fourth-order valence-corrected chi connectivity index (χ4v) is 5.36. The minimum Gasteiger partial charge on any atom is -0.426 e. The largest absolute Gasteiger partial charge is 0.426 e. The molecule has 194 valence electrons. The van der Waals surface area contributed by atoms with Crippen molar-refractivity contribution in [2.45, 2.75) is 161 Å². The van der Waals surface area contributed by atoms with Crippen LogP contribution < -0.4 is 4.74 Å².